The predicted octanol–water partition coefficient (Wildman–Crippen LogP) is 1.57. The van der Waals surface area contributed by atoms with Crippen LogP contribution in [0.1, 0.15) is 24.3 Å². The lowest BCUT2D eigenvalue weighted by atomic mass is 9.81. The lowest BCUT2D eigenvalue weighted by molar-refractivity contribution is -0.149. The molecule has 2 aliphatic rings. The molecule has 0 radical (unpaired) electrons. The number of aryl methyl sites for hydroxylation is 1. The molecular formula is C12H16N4O3S. The summed E-state index contributed by atoms with van der Waals surface area (Å²) >= 11 is 1.30. The van der Waals surface area contributed by atoms with Gasteiger partial charge < -0.3 is 10.0 Å². The van der Waals surface area contributed by atoms with Crippen molar-refractivity contribution in [2.24, 2.45) is 11.3 Å². The van der Waals surface area contributed by atoms with Crippen LogP contribution in [0, 0.1) is 18.3 Å². The molecule has 20 heavy (non-hydrogen) atoms. The Morgan fingerprint density at radius 3 is 2.90 bits per heavy atom. The van der Waals surface area contributed by atoms with Crippen LogP contribution in [0.25, 0.3) is 0 Å². The SMILES string of the molecule is Cc1nnc(NC(=O)N2C[C@@H]3CCC[C@@]3(C(=O)O)C2)s1. The minimum Gasteiger partial charge on any atom is -0.481 e. The van der Waals surface area contributed by atoms with E-state index in [0.29, 0.717) is 18.1 Å². The van der Waals surface area contributed by atoms with Gasteiger partial charge in [-0.05, 0) is 25.7 Å². The summed E-state index contributed by atoms with van der Waals surface area (Å²) in [4.78, 5) is 25.3. The van der Waals surface area contributed by atoms with Crippen LogP contribution in [0.2, 0.25) is 0 Å². The number of fused-ring (bicyclic) bond motifs is 1. The number of carboxylic acids is 1. The lowest BCUT2D eigenvalue weighted by Crippen LogP contribution is -2.38. The number of nitrogens with one attached hydrogen (secondary N) is 1. The standard InChI is InChI=1S/C12H16N4O3S/c1-7-14-15-10(20-7)13-11(19)16-5-8-3-2-4-12(8,6-16)9(17)18/h8H,2-6H2,1H3,(H,17,18)(H,13,15,19)/t8-,12+/m0/s1. The fraction of sp³-hybridized carbons (Fsp3) is 0.667. The largest absolute Gasteiger partial charge is 0.481 e. The maximum Gasteiger partial charge on any atom is 0.323 e. The molecule has 0 aromatic carbocycles. The second-order valence-corrected chi connectivity index (χ2v) is 6.67. The van der Waals surface area contributed by atoms with Crippen LogP contribution >= 0.6 is 11.3 Å². The van der Waals surface area contributed by atoms with Gasteiger partial charge in [-0.1, -0.05) is 17.8 Å². The van der Waals surface area contributed by atoms with Gasteiger partial charge in [0, 0.05) is 13.1 Å². The molecule has 2 N–H and O–H groups in total. The predicted molar refractivity (Wildman–Crippen MR) is 72.6 cm³/mol. The van der Waals surface area contributed by atoms with E-state index in [4.69, 9.17) is 0 Å². The van der Waals surface area contributed by atoms with Gasteiger partial charge in [-0.3, -0.25) is 10.1 Å². The third kappa shape index (κ3) is 2.04. The van der Waals surface area contributed by atoms with Gasteiger partial charge >= 0.3 is 12.0 Å². The summed E-state index contributed by atoms with van der Waals surface area (Å²) in [5.41, 5.74) is -0.742. The summed E-state index contributed by atoms with van der Waals surface area (Å²) in [5.74, 6) is -0.705. The van der Waals surface area contributed by atoms with Crippen LogP contribution in [0.3, 0.4) is 0 Å². The molecule has 1 aromatic rings. The summed E-state index contributed by atoms with van der Waals surface area (Å²) in [6.07, 6.45) is 2.48. The van der Waals surface area contributed by atoms with Gasteiger partial charge in [-0.15, -0.1) is 10.2 Å². The van der Waals surface area contributed by atoms with Crippen molar-refractivity contribution >= 4 is 28.5 Å². The zero-order valence-electron chi connectivity index (χ0n) is 11.1. The number of likely N-dealkylation sites (tertiary alicyclic amines) is 1. The van der Waals surface area contributed by atoms with Crippen LogP contribution in [0.5, 0.6) is 0 Å². The molecule has 8 heteroatoms. The summed E-state index contributed by atoms with van der Waals surface area (Å²) < 4.78 is 0. The van der Waals surface area contributed by atoms with Gasteiger partial charge in [0.05, 0.1) is 5.41 Å². The third-order valence-electron chi connectivity index (χ3n) is 4.32. The number of anilines is 1. The van der Waals surface area contributed by atoms with Gasteiger partial charge in [0.1, 0.15) is 5.01 Å². The van der Waals surface area contributed by atoms with Crippen molar-refractivity contribution in [3.63, 3.8) is 0 Å². The highest BCUT2D eigenvalue weighted by atomic mass is 32.1. The van der Waals surface area contributed by atoms with Gasteiger partial charge in [0.2, 0.25) is 5.13 Å². The number of carbonyl (C=O) groups is 2. The number of nitrogens with zero attached hydrogens (tertiary/aromatic N) is 3. The molecule has 3 rings (SSSR count). The van der Waals surface area contributed by atoms with Crippen LogP contribution in [0.4, 0.5) is 9.93 Å². The van der Waals surface area contributed by atoms with Crippen LogP contribution in [-0.2, 0) is 4.79 Å². The molecule has 2 heterocycles. The number of urea groups is 1. The third-order valence-corrected chi connectivity index (χ3v) is 5.08. The Morgan fingerprint density at radius 2 is 2.30 bits per heavy atom. The first-order valence-corrected chi connectivity index (χ1v) is 7.42. The van der Waals surface area contributed by atoms with Gasteiger partial charge in [0.15, 0.2) is 0 Å². The van der Waals surface area contributed by atoms with Crippen molar-refractivity contribution in [1.82, 2.24) is 15.1 Å². The Labute approximate surface area is 120 Å². The zero-order valence-corrected chi connectivity index (χ0v) is 11.9. The van der Waals surface area contributed by atoms with Crippen molar-refractivity contribution in [3.05, 3.63) is 5.01 Å². The fourth-order valence-electron chi connectivity index (χ4n) is 3.31. The first-order chi connectivity index (χ1) is 9.51. The molecule has 108 valence electrons. The highest BCUT2D eigenvalue weighted by molar-refractivity contribution is 7.15. The van der Waals surface area contributed by atoms with Crippen molar-refractivity contribution in [3.8, 4) is 0 Å². The normalized spacial score (nSPS) is 28.4. The van der Waals surface area contributed by atoms with Crippen molar-refractivity contribution < 1.29 is 14.7 Å². The highest BCUT2D eigenvalue weighted by Gasteiger charge is 2.55. The molecule has 1 aliphatic carbocycles. The average molecular weight is 296 g/mol. The highest BCUT2D eigenvalue weighted by Crippen LogP contribution is 2.48. The maximum absolute atomic E-state index is 12.2. The van der Waals surface area contributed by atoms with E-state index < -0.39 is 11.4 Å². The second-order valence-electron chi connectivity index (χ2n) is 5.49. The molecule has 2 amide bonds. The van der Waals surface area contributed by atoms with E-state index in [0.717, 1.165) is 17.8 Å². The summed E-state index contributed by atoms with van der Waals surface area (Å²) in [6, 6.07) is -0.281. The van der Waals surface area contributed by atoms with Crippen LogP contribution in [0.15, 0.2) is 0 Å². The van der Waals surface area contributed by atoms with E-state index >= 15 is 0 Å². The van der Waals surface area contributed by atoms with E-state index in [-0.39, 0.29) is 18.5 Å². The van der Waals surface area contributed by atoms with E-state index in [1.165, 1.54) is 11.3 Å². The Kier molecular flexibility index (Phi) is 3.12. The topological polar surface area (TPSA) is 95.4 Å². The fourth-order valence-corrected chi connectivity index (χ4v) is 3.89. The molecule has 1 aliphatic heterocycles. The molecule has 1 aromatic heterocycles. The Hall–Kier alpha value is -1.70. The van der Waals surface area contributed by atoms with Crippen molar-refractivity contribution in [2.75, 3.05) is 18.4 Å². The molecule has 0 unspecified atom stereocenters. The summed E-state index contributed by atoms with van der Waals surface area (Å²) in [6.45, 7) is 2.61. The molecule has 1 saturated heterocycles. The van der Waals surface area contributed by atoms with E-state index in [2.05, 4.69) is 15.5 Å². The number of hydrogen-bond donors (Lipinski definition) is 2. The Morgan fingerprint density at radius 1 is 1.50 bits per heavy atom. The lowest BCUT2D eigenvalue weighted by Gasteiger charge is -2.23. The number of amides is 2. The number of rotatable bonds is 2. The smallest absolute Gasteiger partial charge is 0.323 e. The molecule has 2 fully saturated rings. The molecule has 7 nitrogen and oxygen atoms in total. The number of carboxylic acid groups (broad SMARTS) is 1. The number of hydrogen-bond acceptors (Lipinski definition) is 5. The number of aromatic nitrogens is 2. The summed E-state index contributed by atoms with van der Waals surface area (Å²) in [7, 11) is 0. The average Bonchev–Trinajstić information content (AvgIpc) is 3.02. The maximum atomic E-state index is 12.2. The summed E-state index contributed by atoms with van der Waals surface area (Å²) in [5, 5.41) is 21.1. The number of carbonyl (C=O) groups excluding carboxylic acids is 1. The monoisotopic (exact) mass is 296 g/mol. The van der Waals surface area contributed by atoms with Crippen molar-refractivity contribution in [1.29, 1.82) is 0 Å². The molecule has 0 spiro atoms. The minimum absolute atomic E-state index is 0.0712. The Bertz CT molecular complexity index is 561. The van der Waals surface area contributed by atoms with Crippen molar-refractivity contribution in [2.45, 2.75) is 26.2 Å². The molecule has 0 bridgehead atoms. The minimum atomic E-state index is -0.776. The second kappa shape index (κ2) is 4.69. The van der Waals surface area contributed by atoms with E-state index in [1.807, 2.05) is 6.92 Å². The van der Waals surface area contributed by atoms with E-state index in [9.17, 15) is 14.7 Å². The Balaban J connectivity index is 1.70. The quantitative estimate of drug-likeness (QED) is 0.863. The van der Waals surface area contributed by atoms with Gasteiger partial charge in [0.25, 0.3) is 0 Å². The zero-order chi connectivity index (χ0) is 14.3. The van der Waals surface area contributed by atoms with Crippen LogP contribution < -0.4 is 5.32 Å². The molecular weight excluding hydrogens is 280 g/mol. The number of aliphatic carboxylic acids is 1. The first-order valence-electron chi connectivity index (χ1n) is 6.61. The first kappa shape index (κ1) is 13.3. The molecule has 1 saturated carbocycles. The van der Waals surface area contributed by atoms with Gasteiger partial charge in [-0.25, -0.2) is 4.79 Å². The van der Waals surface area contributed by atoms with Gasteiger partial charge in [-0.2, -0.15) is 0 Å². The molecule has 2 atom stereocenters. The van der Waals surface area contributed by atoms with E-state index in [1.54, 1.807) is 4.90 Å². The van der Waals surface area contributed by atoms with Crippen LogP contribution in [-0.4, -0.2) is 45.3 Å².